The average Bonchev–Trinajstić information content (AvgIpc) is 3.27. The highest BCUT2D eigenvalue weighted by Crippen LogP contribution is 2.47. The van der Waals surface area contributed by atoms with Crippen LogP contribution in [0.15, 0.2) is 70.1 Å². The van der Waals surface area contributed by atoms with Gasteiger partial charge in [-0.05, 0) is 23.3 Å². The van der Waals surface area contributed by atoms with E-state index in [1.807, 2.05) is 30.3 Å². The predicted molar refractivity (Wildman–Crippen MR) is 114 cm³/mol. The van der Waals surface area contributed by atoms with Crippen molar-refractivity contribution < 1.29 is 28.5 Å². The van der Waals surface area contributed by atoms with Gasteiger partial charge in [0.25, 0.3) is 0 Å². The fourth-order valence-corrected chi connectivity index (χ4v) is 4.36. The minimum absolute atomic E-state index is 0.0498. The lowest BCUT2D eigenvalue weighted by atomic mass is 9.84. The fraction of sp³-hybridized carbons (Fsp3) is 0.120. The second kappa shape index (κ2) is 6.88. The molecule has 0 bridgehead atoms. The number of carbonyl (C=O) groups is 1. The summed E-state index contributed by atoms with van der Waals surface area (Å²) in [6.45, 7) is 0.135. The molecular weight excluding hydrogens is 412 g/mol. The maximum absolute atomic E-state index is 13.3. The Hall–Kier alpha value is -4.26. The molecule has 7 nitrogen and oxygen atoms in total. The molecule has 0 radical (unpaired) electrons. The van der Waals surface area contributed by atoms with Crippen LogP contribution in [0.25, 0.3) is 22.1 Å². The summed E-state index contributed by atoms with van der Waals surface area (Å²) in [7, 11) is 0. The second-order valence-corrected chi connectivity index (χ2v) is 7.70. The highest BCUT2D eigenvalue weighted by molar-refractivity contribution is 5.94. The van der Waals surface area contributed by atoms with Crippen LogP contribution in [-0.4, -0.2) is 17.9 Å². The van der Waals surface area contributed by atoms with Gasteiger partial charge in [-0.3, -0.25) is 9.59 Å². The molecule has 0 saturated carbocycles. The van der Waals surface area contributed by atoms with Crippen LogP contribution in [0, 0.1) is 0 Å². The van der Waals surface area contributed by atoms with E-state index in [4.69, 9.17) is 18.6 Å². The first-order chi connectivity index (χ1) is 15.6. The molecule has 2 aliphatic rings. The third kappa shape index (κ3) is 2.75. The first kappa shape index (κ1) is 18.5. The normalized spacial score (nSPS) is 16.6. The first-order valence-electron chi connectivity index (χ1n) is 10.1. The van der Waals surface area contributed by atoms with Gasteiger partial charge >= 0.3 is 5.97 Å². The van der Waals surface area contributed by atoms with Crippen molar-refractivity contribution in [3.05, 3.63) is 82.2 Å². The van der Waals surface area contributed by atoms with Crippen molar-refractivity contribution in [2.75, 3.05) is 6.79 Å². The number of fused-ring (bicyclic) bond motifs is 4. The Kier molecular flexibility index (Phi) is 3.98. The summed E-state index contributed by atoms with van der Waals surface area (Å²) in [5, 5.41) is 10.7. The number of rotatable bonds is 2. The third-order valence-electron chi connectivity index (χ3n) is 5.85. The van der Waals surface area contributed by atoms with Gasteiger partial charge in [0.1, 0.15) is 28.7 Å². The van der Waals surface area contributed by atoms with Crippen molar-refractivity contribution in [2.24, 2.45) is 0 Å². The lowest BCUT2D eigenvalue weighted by Crippen LogP contribution is -2.22. The van der Waals surface area contributed by atoms with E-state index in [2.05, 4.69) is 0 Å². The van der Waals surface area contributed by atoms with Crippen molar-refractivity contribution in [3.63, 3.8) is 0 Å². The number of esters is 1. The third-order valence-corrected chi connectivity index (χ3v) is 5.85. The molecule has 0 amide bonds. The monoisotopic (exact) mass is 428 g/mol. The molecule has 0 fully saturated rings. The van der Waals surface area contributed by atoms with Crippen molar-refractivity contribution in [1.29, 1.82) is 0 Å². The minimum Gasteiger partial charge on any atom is -0.507 e. The zero-order valence-electron chi connectivity index (χ0n) is 16.7. The molecule has 0 spiro atoms. The summed E-state index contributed by atoms with van der Waals surface area (Å²) in [6, 6.07) is 15.8. The average molecular weight is 428 g/mol. The van der Waals surface area contributed by atoms with E-state index in [0.29, 0.717) is 28.2 Å². The van der Waals surface area contributed by atoms with E-state index in [0.717, 1.165) is 5.56 Å². The highest BCUT2D eigenvalue weighted by atomic mass is 16.7. The number of hydrogen-bond donors (Lipinski definition) is 1. The number of ether oxygens (including phenoxy) is 3. The molecule has 0 aliphatic carbocycles. The maximum Gasteiger partial charge on any atom is 0.312 e. The van der Waals surface area contributed by atoms with Crippen LogP contribution in [-0.2, 0) is 4.79 Å². The summed E-state index contributed by atoms with van der Waals surface area (Å²) in [4.78, 5) is 25.7. The van der Waals surface area contributed by atoms with Crippen molar-refractivity contribution >= 4 is 16.9 Å². The zero-order chi connectivity index (χ0) is 21.8. The van der Waals surface area contributed by atoms with Gasteiger partial charge in [0.05, 0.1) is 12.0 Å². The molecule has 1 atom stereocenters. The van der Waals surface area contributed by atoms with Crippen LogP contribution in [0.4, 0.5) is 0 Å². The number of hydrogen-bond acceptors (Lipinski definition) is 7. The first-order valence-corrected chi connectivity index (χ1v) is 10.1. The minimum atomic E-state index is -0.449. The predicted octanol–water partition coefficient (Wildman–Crippen LogP) is 4.34. The number of phenolic OH excluding ortho intramolecular Hbond substituents is 1. The van der Waals surface area contributed by atoms with Gasteiger partial charge < -0.3 is 23.7 Å². The molecule has 2 aliphatic heterocycles. The standard InChI is InChI=1S/C25H16O7/c26-17-10-20-22(25-23(17)24(28)16(11-29-25)13-4-2-1-3-5-13)15(9-21(27)32-20)14-6-7-18-19(8-14)31-12-30-18/h1-8,10-11,15,26H,9,12H2. The molecule has 32 heavy (non-hydrogen) atoms. The molecule has 1 unspecified atom stereocenters. The van der Waals surface area contributed by atoms with Gasteiger partial charge in [0.15, 0.2) is 11.5 Å². The Morgan fingerprint density at radius 1 is 0.906 bits per heavy atom. The summed E-state index contributed by atoms with van der Waals surface area (Å²) in [5.41, 5.74) is 2.17. The van der Waals surface area contributed by atoms with Crippen LogP contribution in [0.2, 0.25) is 0 Å². The fourth-order valence-electron chi connectivity index (χ4n) is 4.36. The van der Waals surface area contributed by atoms with Crippen molar-refractivity contribution in [3.8, 4) is 34.1 Å². The Bertz CT molecular complexity index is 1450. The highest BCUT2D eigenvalue weighted by Gasteiger charge is 2.34. The molecule has 3 heterocycles. The van der Waals surface area contributed by atoms with Crippen molar-refractivity contribution in [1.82, 2.24) is 0 Å². The largest absolute Gasteiger partial charge is 0.507 e. The molecule has 3 aromatic carbocycles. The Labute approximate surface area is 181 Å². The van der Waals surface area contributed by atoms with Gasteiger partial charge in [0.2, 0.25) is 12.2 Å². The van der Waals surface area contributed by atoms with Crippen LogP contribution >= 0.6 is 0 Å². The Morgan fingerprint density at radius 2 is 1.72 bits per heavy atom. The quantitative estimate of drug-likeness (QED) is 0.375. The molecule has 6 rings (SSSR count). The van der Waals surface area contributed by atoms with E-state index in [-0.39, 0.29) is 41.1 Å². The number of phenols is 1. The van der Waals surface area contributed by atoms with Crippen molar-refractivity contribution in [2.45, 2.75) is 12.3 Å². The van der Waals surface area contributed by atoms with Gasteiger partial charge in [-0.2, -0.15) is 0 Å². The zero-order valence-corrected chi connectivity index (χ0v) is 16.7. The molecule has 0 saturated heterocycles. The Balaban J connectivity index is 1.60. The van der Waals surface area contributed by atoms with Gasteiger partial charge in [0, 0.05) is 17.5 Å². The summed E-state index contributed by atoms with van der Waals surface area (Å²) in [6.07, 6.45) is 1.43. The number of aromatic hydroxyl groups is 1. The smallest absolute Gasteiger partial charge is 0.312 e. The summed E-state index contributed by atoms with van der Waals surface area (Å²) >= 11 is 0. The summed E-state index contributed by atoms with van der Waals surface area (Å²) in [5.74, 6) is 0.187. The van der Waals surface area contributed by atoms with Gasteiger partial charge in [-0.15, -0.1) is 0 Å². The SMILES string of the molecule is O=C1CC(c2ccc3c(c2)OCO3)c2c(cc(O)c3c(=O)c(-c4ccccc4)coc23)O1. The lowest BCUT2D eigenvalue weighted by Gasteiger charge is -2.26. The molecule has 7 heteroatoms. The van der Waals surface area contributed by atoms with E-state index in [9.17, 15) is 14.7 Å². The summed E-state index contributed by atoms with van der Waals surface area (Å²) < 4.78 is 22.2. The molecule has 158 valence electrons. The lowest BCUT2D eigenvalue weighted by molar-refractivity contribution is -0.135. The van der Waals surface area contributed by atoms with E-state index >= 15 is 0 Å². The van der Waals surface area contributed by atoms with Gasteiger partial charge in [-0.1, -0.05) is 36.4 Å². The van der Waals surface area contributed by atoms with Crippen LogP contribution in [0.5, 0.6) is 23.0 Å². The van der Waals surface area contributed by atoms with Crippen LogP contribution in [0.3, 0.4) is 0 Å². The maximum atomic E-state index is 13.3. The number of benzene rings is 3. The Morgan fingerprint density at radius 3 is 2.56 bits per heavy atom. The van der Waals surface area contributed by atoms with E-state index in [1.54, 1.807) is 18.2 Å². The van der Waals surface area contributed by atoms with Crippen LogP contribution in [0.1, 0.15) is 23.5 Å². The van der Waals surface area contributed by atoms with E-state index in [1.165, 1.54) is 12.3 Å². The second-order valence-electron chi connectivity index (χ2n) is 7.70. The van der Waals surface area contributed by atoms with E-state index < -0.39 is 11.9 Å². The molecule has 4 aromatic rings. The van der Waals surface area contributed by atoms with Crippen LogP contribution < -0.4 is 19.6 Å². The number of carbonyl (C=O) groups excluding carboxylic acids is 1. The topological polar surface area (TPSA) is 95.2 Å². The molecule has 1 N–H and O–H groups in total. The molecule has 1 aromatic heterocycles. The molecular formula is C25H16O7. The van der Waals surface area contributed by atoms with Gasteiger partial charge in [-0.25, -0.2) is 0 Å².